The highest BCUT2D eigenvalue weighted by atomic mass is 16.5. The van der Waals surface area contributed by atoms with Gasteiger partial charge in [0, 0.05) is 11.4 Å². The molecule has 0 aliphatic heterocycles. The van der Waals surface area contributed by atoms with Gasteiger partial charge < -0.3 is 15.8 Å². The van der Waals surface area contributed by atoms with Crippen LogP contribution in [0.3, 0.4) is 0 Å². The minimum absolute atomic E-state index is 0.351. The number of rotatable bonds is 4. The van der Waals surface area contributed by atoms with Crippen LogP contribution in [-0.2, 0) is 9.53 Å². The Morgan fingerprint density at radius 2 is 1.82 bits per heavy atom. The Morgan fingerprint density at radius 1 is 1.14 bits per heavy atom. The van der Waals surface area contributed by atoms with Crippen molar-refractivity contribution in [3.63, 3.8) is 0 Å². The van der Waals surface area contributed by atoms with E-state index in [0.29, 0.717) is 16.9 Å². The average molecular weight is 298 g/mol. The second-order valence-corrected chi connectivity index (χ2v) is 5.03. The van der Waals surface area contributed by atoms with E-state index in [-0.39, 0.29) is 5.91 Å². The lowest BCUT2D eigenvalue weighted by Crippen LogP contribution is -2.30. The summed E-state index contributed by atoms with van der Waals surface area (Å²) in [5.41, 5.74) is 8.17. The van der Waals surface area contributed by atoms with Crippen LogP contribution in [-0.4, -0.2) is 18.0 Å². The zero-order chi connectivity index (χ0) is 16.1. The van der Waals surface area contributed by atoms with E-state index in [1.807, 2.05) is 25.1 Å². The number of aryl methyl sites for hydroxylation is 1. The smallest absolute Gasteiger partial charge is 0.338 e. The van der Waals surface area contributed by atoms with Gasteiger partial charge in [-0.3, -0.25) is 4.79 Å². The Bertz CT molecular complexity index is 681. The predicted molar refractivity (Wildman–Crippen MR) is 85.5 cm³/mol. The maximum Gasteiger partial charge on any atom is 0.338 e. The molecule has 22 heavy (non-hydrogen) atoms. The molecule has 0 aromatic heterocycles. The number of nitrogens with two attached hydrogens (primary N) is 1. The van der Waals surface area contributed by atoms with Crippen molar-refractivity contribution in [2.24, 2.45) is 0 Å². The molecule has 0 aliphatic rings. The number of hydrogen-bond acceptors (Lipinski definition) is 4. The summed E-state index contributed by atoms with van der Waals surface area (Å²) >= 11 is 0. The van der Waals surface area contributed by atoms with Crippen molar-refractivity contribution in [1.82, 2.24) is 0 Å². The molecule has 5 nitrogen and oxygen atoms in total. The SMILES string of the molecule is Cc1cccc(NC(=O)C(C)OC(=O)c2ccc(N)cc2)c1. The quantitative estimate of drug-likeness (QED) is 0.671. The number of carbonyl (C=O) groups is 2. The number of ether oxygens (including phenoxy) is 1. The van der Waals surface area contributed by atoms with Crippen molar-refractivity contribution >= 4 is 23.3 Å². The van der Waals surface area contributed by atoms with Crippen molar-refractivity contribution < 1.29 is 14.3 Å². The van der Waals surface area contributed by atoms with Crippen molar-refractivity contribution in [3.05, 3.63) is 59.7 Å². The first kappa shape index (κ1) is 15.6. The molecule has 1 atom stereocenters. The summed E-state index contributed by atoms with van der Waals surface area (Å²) in [4.78, 5) is 24.0. The molecule has 0 saturated carbocycles. The van der Waals surface area contributed by atoms with Gasteiger partial charge >= 0.3 is 5.97 Å². The fourth-order valence-electron chi connectivity index (χ4n) is 1.87. The Kier molecular flexibility index (Phi) is 4.78. The van der Waals surface area contributed by atoms with Gasteiger partial charge in [-0.1, -0.05) is 12.1 Å². The monoisotopic (exact) mass is 298 g/mol. The lowest BCUT2D eigenvalue weighted by atomic mass is 10.2. The van der Waals surface area contributed by atoms with Crippen LogP contribution in [0.25, 0.3) is 0 Å². The van der Waals surface area contributed by atoms with Crippen LogP contribution in [0.2, 0.25) is 0 Å². The zero-order valence-electron chi connectivity index (χ0n) is 12.5. The average Bonchev–Trinajstić information content (AvgIpc) is 2.47. The summed E-state index contributed by atoms with van der Waals surface area (Å²) in [6.07, 6.45) is -0.898. The minimum atomic E-state index is -0.898. The van der Waals surface area contributed by atoms with E-state index in [4.69, 9.17) is 10.5 Å². The van der Waals surface area contributed by atoms with Gasteiger partial charge in [0.2, 0.25) is 0 Å². The van der Waals surface area contributed by atoms with Crippen molar-refractivity contribution in [2.75, 3.05) is 11.1 Å². The van der Waals surface area contributed by atoms with Crippen LogP contribution >= 0.6 is 0 Å². The molecule has 0 saturated heterocycles. The first-order valence-electron chi connectivity index (χ1n) is 6.90. The van der Waals surface area contributed by atoms with E-state index in [1.165, 1.54) is 6.92 Å². The van der Waals surface area contributed by atoms with Crippen LogP contribution in [0.5, 0.6) is 0 Å². The van der Waals surface area contributed by atoms with E-state index < -0.39 is 12.1 Å². The minimum Gasteiger partial charge on any atom is -0.449 e. The molecule has 114 valence electrons. The lowest BCUT2D eigenvalue weighted by Gasteiger charge is -2.14. The third-order valence-corrected chi connectivity index (χ3v) is 3.09. The van der Waals surface area contributed by atoms with Gasteiger partial charge in [0.25, 0.3) is 5.91 Å². The largest absolute Gasteiger partial charge is 0.449 e. The third-order valence-electron chi connectivity index (χ3n) is 3.09. The standard InChI is InChI=1S/C17H18N2O3/c1-11-4-3-5-15(10-11)19-16(20)12(2)22-17(21)13-6-8-14(18)9-7-13/h3-10,12H,18H2,1-2H3,(H,19,20). The van der Waals surface area contributed by atoms with E-state index >= 15 is 0 Å². The van der Waals surface area contributed by atoms with Crippen molar-refractivity contribution in [1.29, 1.82) is 0 Å². The molecule has 1 amide bonds. The molecule has 0 spiro atoms. The maximum absolute atomic E-state index is 12.0. The summed E-state index contributed by atoms with van der Waals surface area (Å²) in [6.45, 7) is 3.46. The zero-order valence-corrected chi connectivity index (χ0v) is 12.5. The summed E-state index contributed by atoms with van der Waals surface area (Å²) in [7, 11) is 0. The van der Waals surface area contributed by atoms with Crippen LogP contribution in [0.4, 0.5) is 11.4 Å². The second-order valence-electron chi connectivity index (χ2n) is 5.03. The molecule has 2 aromatic carbocycles. The van der Waals surface area contributed by atoms with Crippen LogP contribution in [0, 0.1) is 6.92 Å². The number of amides is 1. The molecule has 0 bridgehead atoms. The Labute approximate surface area is 129 Å². The molecule has 2 aromatic rings. The fraction of sp³-hybridized carbons (Fsp3) is 0.176. The normalized spacial score (nSPS) is 11.5. The molecule has 3 N–H and O–H groups in total. The lowest BCUT2D eigenvalue weighted by molar-refractivity contribution is -0.123. The molecular weight excluding hydrogens is 280 g/mol. The van der Waals surface area contributed by atoms with E-state index in [9.17, 15) is 9.59 Å². The Morgan fingerprint density at radius 3 is 2.45 bits per heavy atom. The second kappa shape index (κ2) is 6.76. The molecule has 0 radical (unpaired) electrons. The topological polar surface area (TPSA) is 81.4 Å². The summed E-state index contributed by atoms with van der Waals surface area (Å²) in [6, 6.07) is 13.7. The number of hydrogen-bond donors (Lipinski definition) is 2. The molecule has 5 heteroatoms. The molecule has 0 heterocycles. The highest BCUT2D eigenvalue weighted by Gasteiger charge is 2.19. The summed E-state index contributed by atoms with van der Waals surface area (Å²) < 4.78 is 5.15. The molecule has 1 unspecified atom stereocenters. The van der Waals surface area contributed by atoms with Gasteiger partial charge in [-0.2, -0.15) is 0 Å². The third kappa shape index (κ3) is 4.09. The molecule has 0 aliphatic carbocycles. The van der Waals surface area contributed by atoms with Gasteiger partial charge in [-0.15, -0.1) is 0 Å². The van der Waals surface area contributed by atoms with Gasteiger partial charge in [0.1, 0.15) is 0 Å². The molecular formula is C17H18N2O3. The molecule has 2 rings (SSSR count). The molecule has 0 fully saturated rings. The van der Waals surface area contributed by atoms with Crippen LogP contribution < -0.4 is 11.1 Å². The van der Waals surface area contributed by atoms with Gasteiger partial charge in [-0.25, -0.2) is 4.79 Å². The first-order valence-corrected chi connectivity index (χ1v) is 6.90. The van der Waals surface area contributed by atoms with Crippen LogP contribution in [0.1, 0.15) is 22.8 Å². The number of nitrogens with one attached hydrogen (secondary N) is 1. The number of anilines is 2. The Balaban J connectivity index is 1.96. The number of carbonyl (C=O) groups excluding carboxylic acids is 2. The summed E-state index contributed by atoms with van der Waals surface area (Å²) in [5, 5.41) is 2.71. The fourth-order valence-corrected chi connectivity index (χ4v) is 1.87. The Hall–Kier alpha value is -2.82. The van der Waals surface area contributed by atoms with Crippen molar-refractivity contribution in [3.8, 4) is 0 Å². The highest BCUT2D eigenvalue weighted by Crippen LogP contribution is 2.12. The van der Waals surface area contributed by atoms with E-state index in [2.05, 4.69) is 5.32 Å². The number of benzene rings is 2. The highest BCUT2D eigenvalue weighted by molar-refractivity contribution is 5.97. The van der Waals surface area contributed by atoms with E-state index in [0.717, 1.165) is 5.56 Å². The van der Waals surface area contributed by atoms with E-state index in [1.54, 1.807) is 30.3 Å². The van der Waals surface area contributed by atoms with Gasteiger partial charge in [0.05, 0.1) is 5.56 Å². The predicted octanol–water partition coefficient (Wildman–Crippen LogP) is 2.76. The van der Waals surface area contributed by atoms with Gasteiger partial charge in [0.15, 0.2) is 6.10 Å². The van der Waals surface area contributed by atoms with Crippen molar-refractivity contribution in [2.45, 2.75) is 20.0 Å². The number of nitrogen functional groups attached to an aromatic ring is 1. The van der Waals surface area contributed by atoms with Gasteiger partial charge in [-0.05, 0) is 55.8 Å². The maximum atomic E-state index is 12.0. The summed E-state index contributed by atoms with van der Waals surface area (Å²) in [5.74, 6) is -0.943. The number of esters is 1. The first-order chi connectivity index (χ1) is 10.5. The van der Waals surface area contributed by atoms with Crippen LogP contribution in [0.15, 0.2) is 48.5 Å².